The molecule has 1 N–H and O–H groups in total. The van der Waals surface area contributed by atoms with Gasteiger partial charge in [-0.2, -0.15) is 0 Å². The predicted octanol–water partition coefficient (Wildman–Crippen LogP) is 5.14. The summed E-state index contributed by atoms with van der Waals surface area (Å²) in [6, 6.07) is 13.0. The first kappa shape index (κ1) is 23.9. The van der Waals surface area contributed by atoms with Gasteiger partial charge in [0, 0.05) is 46.0 Å². The normalized spacial score (nSPS) is 22.1. The number of halogens is 1. The van der Waals surface area contributed by atoms with E-state index in [1.165, 1.54) is 0 Å². The average Bonchev–Trinajstić information content (AvgIpc) is 2.83. The van der Waals surface area contributed by atoms with Crippen molar-refractivity contribution in [3.05, 3.63) is 82.2 Å². The molecule has 4 rings (SSSR count). The average molecular weight is 482 g/mol. The molecule has 178 valence electrons. The number of Topliss-reactive ketones (excluding diaryl/α,β-unsaturated/α-hetero) is 1. The Balaban J connectivity index is 1.83. The Bertz CT molecular complexity index is 1150. The number of carbonyl (C=O) groups excluding carboxylic acids is 2. The van der Waals surface area contributed by atoms with E-state index in [9.17, 15) is 9.59 Å². The van der Waals surface area contributed by atoms with Crippen LogP contribution in [0.5, 0.6) is 11.5 Å². The summed E-state index contributed by atoms with van der Waals surface area (Å²) in [6.45, 7) is 6.14. The van der Waals surface area contributed by atoms with Gasteiger partial charge < -0.3 is 19.5 Å². The number of hydrogen-bond acceptors (Lipinski definition) is 6. The highest BCUT2D eigenvalue weighted by molar-refractivity contribution is 6.30. The topological polar surface area (TPSA) is 73.9 Å². The van der Waals surface area contributed by atoms with Gasteiger partial charge in [0.05, 0.1) is 20.8 Å². The lowest BCUT2D eigenvalue weighted by Crippen LogP contribution is -2.42. The Morgan fingerprint density at radius 1 is 1.12 bits per heavy atom. The first-order valence-electron chi connectivity index (χ1n) is 11.2. The van der Waals surface area contributed by atoms with Gasteiger partial charge in [0.2, 0.25) is 0 Å². The van der Waals surface area contributed by atoms with E-state index in [-0.39, 0.29) is 18.3 Å². The van der Waals surface area contributed by atoms with E-state index in [0.29, 0.717) is 40.6 Å². The third-order valence-corrected chi connectivity index (χ3v) is 6.75. The van der Waals surface area contributed by atoms with Gasteiger partial charge in [-0.1, -0.05) is 36.4 Å². The quantitative estimate of drug-likeness (QED) is 0.576. The summed E-state index contributed by atoms with van der Waals surface area (Å²) in [4.78, 5) is 26.7. The molecule has 0 amide bonds. The molecule has 0 saturated heterocycles. The van der Waals surface area contributed by atoms with Crippen LogP contribution in [0.4, 0.5) is 0 Å². The van der Waals surface area contributed by atoms with Crippen molar-refractivity contribution in [2.24, 2.45) is 5.92 Å². The second-order valence-corrected chi connectivity index (χ2v) is 8.87. The van der Waals surface area contributed by atoms with Crippen LogP contribution in [0.25, 0.3) is 0 Å². The van der Waals surface area contributed by atoms with Gasteiger partial charge in [-0.25, -0.2) is 0 Å². The highest BCUT2D eigenvalue weighted by atomic mass is 35.5. The lowest BCUT2D eigenvalue weighted by molar-refractivity contribution is -0.147. The van der Waals surface area contributed by atoms with Crippen molar-refractivity contribution in [3.63, 3.8) is 0 Å². The zero-order valence-electron chi connectivity index (χ0n) is 19.5. The van der Waals surface area contributed by atoms with E-state index in [1.54, 1.807) is 33.3 Å². The lowest BCUT2D eigenvalue weighted by atomic mass is 9.69. The maximum Gasteiger partial charge on any atom is 0.315 e. The maximum absolute atomic E-state index is 13.6. The number of nitrogens with one attached hydrogen (secondary N) is 1. The smallest absolute Gasteiger partial charge is 0.315 e. The molecule has 1 aliphatic heterocycles. The van der Waals surface area contributed by atoms with Crippen LogP contribution < -0.4 is 14.8 Å². The highest BCUT2D eigenvalue weighted by Gasteiger charge is 2.46. The van der Waals surface area contributed by atoms with E-state index < -0.39 is 17.8 Å². The van der Waals surface area contributed by atoms with Gasteiger partial charge >= 0.3 is 5.97 Å². The molecule has 0 fully saturated rings. The predicted molar refractivity (Wildman–Crippen MR) is 130 cm³/mol. The van der Waals surface area contributed by atoms with Crippen LogP contribution in [-0.2, 0) is 14.3 Å². The number of ether oxygens (including phenoxy) is 3. The lowest BCUT2D eigenvalue weighted by Gasteiger charge is -2.40. The van der Waals surface area contributed by atoms with Crippen molar-refractivity contribution in [2.45, 2.75) is 31.6 Å². The molecular weight excluding hydrogens is 454 g/mol. The Morgan fingerprint density at radius 2 is 1.85 bits per heavy atom. The van der Waals surface area contributed by atoms with Crippen LogP contribution in [0.3, 0.4) is 0 Å². The van der Waals surface area contributed by atoms with Crippen molar-refractivity contribution in [1.82, 2.24) is 5.32 Å². The summed E-state index contributed by atoms with van der Waals surface area (Å²) in [6.07, 6.45) is 0.950. The number of carbonyl (C=O) groups is 2. The van der Waals surface area contributed by atoms with E-state index in [2.05, 4.69) is 11.9 Å². The fourth-order valence-electron chi connectivity index (χ4n) is 4.94. The minimum Gasteiger partial charge on any atom is -0.497 e. The first-order chi connectivity index (χ1) is 16.4. The summed E-state index contributed by atoms with van der Waals surface area (Å²) in [5, 5.41) is 3.93. The molecule has 0 radical (unpaired) electrons. The second kappa shape index (κ2) is 9.94. The minimum absolute atomic E-state index is 0.00127. The van der Waals surface area contributed by atoms with Crippen LogP contribution in [0.1, 0.15) is 42.7 Å². The SMILES string of the molecule is C=C1NC2=C(C(=O)CC(c3ccc(Cl)cc3)C2)C(c2ccc(OC)cc2OC)C1C(=O)OCC. The van der Waals surface area contributed by atoms with Crippen molar-refractivity contribution in [3.8, 4) is 11.5 Å². The van der Waals surface area contributed by atoms with Crippen LogP contribution in [-0.4, -0.2) is 32.6 Å². The van der Waals surface area contributed by atoms with E-state index in [0.717, 1.165) is 16.8 Å². The number of hydrogen-bond donors (Lipinski definition) is 1. The van der Waals surface area contributed by atoms with Gasteiger partial charge in [0.1, 0.15) is 17.4 Å². The number of methoxy groups -OCH3 is 2. The van der Waals surface area contributed by atoms with Crippen molar-refractivity contribution < 1.29 is 23.8 Å². The largest absolute Gasteiger partial charge is 0.497 e. The summed E-state index contributed by atoms with van der Waals surface area (Å²) >= 11 is 6.05. The van der Waals surface area contributed by atoms with Crippen LogP contribution in [0.2, 0.25) is 5.02 Å². The molecule has 2 aromatic rings. The molecule has 3 atom stereocenters. The zero-order valence-corrected chi connectivity index (χ0v) is 20.3. The molecule has 0 spiro atoms. The number of allylic oxidation sites excluding steroid dienone is 2. The molecule has 0 bridgehead atoms. The molecule has 1 aliphatic carbocycles. The maximum atomic E-state index is 13.6. The van der Waals surface area contributed by atoms with Gasteiger partial charge in [0.15, 0.2) is 5.78 Å². The molecule has 2 aromatic carbocycles. The molecule has 2 aliphatic rings. The standard InChI is InChI=1S/C27H28ClNO5/c1-5-34-27(31)24-15(2)29-21-12-17(16-6-8-18(28)9-7-16)13-22(30)26(21)25(24)20-11-10-19(32-3)14-23(20)33-4/h6-11,14,17,24-25,29H,2,5,12-13H2,1,3-4H3. The fourth-order valence-corrected chi connectivity index (χ4v) is 5.07. The Kier molecular flexibility index (Phi) is 6.98. The number of benzene rings is 2. The van der Waals surface area contributed by atoms with E-state index in [4.69, 9.17) is 25.8 Å². The molecule has 0 aromatic heterocycles. The highest BCUT2D eigenvalue weighted by Crippen LogP contribution is 2.49. The van der Waals surface area contributed by atoms with Gasteiger partial charge in [-0.05, 0) is 43.0 Å². The van der Waals surface area contributed by atoms with E-state index in [1.807, 2.05) is 30.3 Å². The summed E-state index contributed by atoms with van der Waals surface area (Å²) < 4.78 is 16.4. The third kappa shape index (κ3) is 4.42. The molecule has 34 heavy (non-hydrogen) atoms. The van der Waals surface area contributed by atoms with Gasteiger partial charge in [-0.3, -0.25) is 9.59 Å². The monoisotopic (exact) mass is 481 g/mol. The summed E-state index contributed by atoms with van der Waals surface area (Å²) in [7, 11) is 3.13. The van der Waals surface area contributed by atoms with Crippen LogP contribution in [0.15, 0.2) is 66.0 Å². The Hall–Kier alpha value is -3.25. The summed E-state index contributed by atoms with van der Waals surface area (Å²) in [5.41, 5.74) is 3.63. The first-order valence-corrected chi connectivity index (χ1v) is 11.6. The van der Waals surface area contributed by atoms with Crippen LogP contribution in [0, 0.1) is 5.92 Å². The molecule has 0 saturated carbocycles. The molecule has 3 unspecified atom stereocenters. The Morgan fingerprint density at radius 3 is 2.50 bits per heavy atom. The molecule has 6 nitrogen and oxygen atoms in total. The van der Waals surface area contributed by atoms with Crippen molar-refractivity contribution >= 4 is 23.4 Å². The number of rotatable bonds is 6. The minimum atomic E-state index is -0.767. The van der Waals surface area contributed by atoms with E-state index >= 15 is 0 Å². The van der Waals surface area contributed by atoms with Crippen LogP contribution >= 0.6 is 11.6 Å². The molecule has 7 heteroatoms. The Labute approximate surface area is 204 Å². The third-order valence-electron chi connectivity index (χ3n) is 6.50. The zero-order chi connectivity index (χ0) is 24.4. The van der Waals surface area contributed by atoms with Crippen molar-refractivity contribution in [1.29, 1.82) is 0 Å². The summed E-state index contributed by atoms with van der Waals surface area (Å²) in [5.74, 6) is -0.637. The molecular formula is C27H28ClNO5. The van der Waals surface area contributed by atoms with Crippen molar-refractivity contribution in [2.75, 3.05) is 20.8 Å². The molecule has 1 heterocycles. The van der Waals surface area contributed by atoms with Gasteiger partial charge in [0.25, 0.3) is 0 Å². The number of ketones is 1. The van der Waals surface area contributed by atoms with Gasteiger partial charge in [-0.15, -0.1) is 0 Å². The fraction of sp³-hybridized carbons (Fsp3) is 0.333. The number of esters is 1. The second-order valence-electron chi connectivity index (χ2n) is 8.44.